The van der Waals surface area contributed by atoms with Crippen molar-refractivity contribution in [1.29, 1.82) is 0 Å². The summed E-state index contributed by atoms with van der Waals surface area (Å²) in [6.45, 7) is 4.26. The van der Waals surface area contributed by atoms with Crippen molar-refractivity contribution in [2.24, 2.45) is 0 Å². The summed E-state index contributed by atoms with van der Waals surface area (Å²) in [5.41, 5.74) is 2.44. The first-order chi connectivity index (χ1) is 8.61. The molecule has 18 heavy (non-hydrogen) atoms. The van der Waals surface area contributed by atoms with Gasteiger partial charge in [-0.15, -0.1) is 0 Å². The van der Waals surface area contributed by atoms with Gasteiger partial charge in [-0.3, -0.25) is 0 Å². The second kappa shape index (κ2) is 5.42. The third-order valence-electron chi connectivity index (χ3n) is 2.51. The standard InChI is InChI=1S/C13H14ClNO3/c1-3-17-13-11(10(14)12(16)18-13)15-9-6-4-8(2)5-7-9/h4-7,13,15H,3H2,1-2H3/t13-/m1/s1. The van der Waals surface area contributed by atoms with Crippen LogP contribution in [-0.4, -0.2) is 18.9 Å². The molecule has 1 aliphatic rings. The number of carbonyl (C=O) groups excluding carboxylic acids is 1. The Morgan fingerprint density at radius 1 is 1.39 bits per heavy atom. The Morgan fingerprint density at radius 2 is 2.06 bits per heavy atom. The highest BCUT2D eigenvalue weighted by atomic mass is 35.5. The third kappa shape index (κ3) is 2.66. The summed E-state index contributed by atoms with van der Waals surface area (Å²) < 4.78 is 10.3. The van der Waals surface area contributed by atoms with Crippen LogP contribution in [0.2, 0.25) is 0 Å². The van der Waals surface area contributed by atoms with E-state index in [0.29, 0.717) is 12.3 Å². The van der Waals surface area contributed by atoms with E-state index in [1.54, 1.807) is 0 Å². The zero-order valence-electron chi connectivity index (χ0n) is 10.2. The summed E-state index contributed by atoms with van der Waals surface area (Å²) in [6, 6.07) is 7.73. The average Bonchev–Trinajstić information content (AvgIpc) is 2.60. The Balaban J connectivity index is 2.19. The number of hydrogen-bond donors (Lipinski definition) is 1. The summed E-state index contributed by atoms with van der Waals surface area (Å²) in [4.78, 5) is 11.4. The van der Waals surface area contributed by atoms with Crippen molar-refractivity contribution < 1.29 is 14.3 Å². The average molecular weight is 268 g/mol. The Morgan fingerprint density at radius 3 is 2.67 bits per heavy atom. The Kier molecular flexibility index (Phi) is 3.89. The smallest absolute Gasteiger partial charge is 0.354 e. The van der Waals surface area contributed by atoms with Crippen molar-refractivity contribution in [2.45, 2.75) is 20.1 Å². The number of halogens is 1. The Labute approximate surface area is 111 Å². The second-order valence-electron chi connectivity index (χ2n) is 3.91. The molecule has 0 aromatic heterocycles. The molecular formula is C13H14ClNO3. The lowest BCUT2D eigenvalue weighted by atomic mass is 10.2. The predicted octanol–water partition coefficient (Wildman–Crippen LogP) is 2.78. The number of hydrogen-bond acceptors (Lipinski definition) is 4. The van der Waals surface area contributed by atoms with Gasteiger partial charge in [-0.1, -0.05) is 29.3 Å². The highest BCUT2D eigenvalue weighted by molar-refractivity contribution is 6.42. The van der Waals surface area contributed by atoms with E-state index < -0.39 is 12.3 Å². The maximum atomic E-state index is 11.4. The molecule has 0 saturated carbocycles. The van der Waals surface area contributed by atoms with E-state index in [2.05, 4.69) is 5.32 Å². The van der Waals surface area contributed by atoms with Gasteiger partial charge in [0.1, 0.15) is 5.70 Å². The lowest BCUT2D eigenvalue weighted by molar-refractivity contribution is -0.158. The summed E-state index contributed by atoms with van der Waals surface area (Å²) in [5, 5.41) is 3.10. The van der Waals surface area contributed by atoms with Gasteiger partial charge in [0.15, 0.2) is 5.03 Å². The Hall–Kier alpha value is -1.52. The summed E-state index contributed by atoms with van der Waals surface area (Å²) >= 11 is 5.90. The molecule has 0 radical (unpaired) electrons. The van der Waals surface area contributed by atoms with E-state index in [4.69, 9.17) is 21.1 Å². The molecule has 2 rings (SSSR count). The van der Waals surface area contributed by atoms with Crippen molar-refractivity contribution >= 4 is 23.3 Å². The number of ether oxygens (including phenoxy) is 2. The molecule has 0 spiro atoms. The zero-order valence-corrected chi connectivity index (χ0v) is 11.0. The normalized spacial score (nSPS) is 19.1. The molecule has 4 nitrogen and oxygen atoms in total. The molecular weight excluding hydrogens is 254 g/mol. The largest absolute Gasteiger partial charge is 0.425 e. The number of anilines is 1. The van der Waals surface area contributed by atoms with Crippen LogP contribution in [-0.2, 0) is 14.3 Å². The number of aryl methyl sites for hydroxylation is 1. The van der Waals surface area contributed by atoms with Crippen molar-refractivity contribution in [3.05, 3.63) is 40.6 Å². The highest BCUT2D eigenvalue weighted by Gasteiger charge is 2.33. The topological polar surface area (TPSA) is 47.6 Å². The van der Waals surface area contributed by atoms with Crippen LogP contribution < -0.4 is 5.32 Å². The SMILES string of the molecule is CCO[C@@H]1OC(=O)C(Cl)=C1Nc1ccc(C)cc1. The number of nitrogens with one attached hydrogen (secondary N) is 1. The molecule has 0 saturated heterocycles. The zero-order chi connectivity index (χ0) is 13.1. The van der Waals surface area contributed by atoms with Gasteiger partial charge in [0.2, 0.25) is 6.29 Å². The molecule has 5 heteroatoms. The Bertz CT molecular complexity index is 482. The van der Waals surface area contributed by atoms with Crippen LogP contribution in [0.4, 0.5) is 5.69 Å². The van der Waals surface area contributed by atoms with E-state index in [9.17, 15) is 4.79 Å². The number of benzene rings is 1. The first kappa shape index (κ1) is 12.9. The van der Waals surface area contributed by atoms with Crippen LogP contribution >= 0.6 is 11.6 Å². The second-order valence-corrected chi connectivity index (χ2v) is 4.29. The fraction of sp³-hybridized carbons (Fsp3) is 0.308. The lowest BCUT2D eigenvalue weighted by Gasteiger charge is -2.15. The molecule has 1 atom stereocenters. The molecule has 0 amide bonds. The van der Waals surface area contributed by atoms with Crippen molar-refractivity contribution in [3.63, 3.8) is 0 Å². The van der Waals surface area contributed by atoms with E-state index in [1.165, 1.54) is 0 Å². The lowest BCUT2D eigenvalue weighted by Crippen LogP contribution is -2.20. The number of esters is 1. The van der Waals surface area contributed by atoms with Gasteiger partial charge in [-0.05, 0) is 26.0 Å². The van der Waals surface area contributed by atoms with Gasteiger partial charge >= 0.3 is 5.97 Å². The van der Waals surface area contributed by atoms with Gasteiger partial charge in [0, 0.05) is 12.3 Å². The van der Waals surface area contributed by atoms with E-state index in [0.717, 1.165) is 11.3 Å². The first-order valence-corrected chi connectivity index (χ1v) is 6.05. The van der Waals surface area contributed by atoms with Gasteiger partial charge < -0.3 is 14.8 Å². The van der Waals surface area contributed by atoms with Crippen LogP contribution in [0.25, 0.3) is 0 Å². The molecule has 1 N–H and O–H groups in total. The molecule has 0 aliphatic carbocycles. The predicted molar refractivity (Wildman–Crippen MR) is 69.2 cm³/mol. The van der Waals surface area contributed by atoms with Gasteiger partial charge in [-0.25, -0.2) is 4.79 Å². The van der Waals surface area contributed by atoms with Crippen molar-refractivity contribution in [2.75, 3.05) is 11.9 Å². The van der Waals surface area contributed by atoms with Crippen LogP contribution in [0, 0.1) is 6.92 Å². The van der Waals surface area contributed by atoms with E-state index in [1.807, 2.05) is 38.1 Å². The minimum absolute atomic E-state index is 0.0361. The summed E-state index contributed by atoms with van der Waals surface area (Å²) in [5.74, 6) is -0.565. The first-order valence-electron chi connectivity index (χ1n) is 5.67. The van der Waals surface area contributed by atoms with E-state index in [-0.39, 0.29) is 5.03 Å². The molecule has 1 aromatic carbocycles. The fourth-order valence-electron chi connectivity index (χ4n) is 1.60. The van der Waals surface area contributed by atoms with Crippen molar-refractivity contribution in [1.82, 2.24) is 0 Å². The summed E-state index contributed by atoms with van der Waals surface area (Å²) in [7, 11) is 0. The van der Waals surface area contributed by atoms with Gasteiger partial charge in [0.25, 0.3) is 0 Å². The monoisotopic (exact) mass is 267 g/mol. The molecule has 0 bridgehead atoms. The number of rotatable bonds is 4. The number of cyclic esters (lactones) is 1. The van der Waals surface area contributed by atoms with Crippen LogP contribution in [0.15, 0.2) is 35.0 Å². The molecule has 0 unspecified atom stereocenters. The van der Waals surface area contributed by atoms with Crippen molar-refractivity contribution in [3.8, 4) is 0 Å². The number of carbonyl (C=O) groups is 1. The summed E-state index contributed by atoms with van der Waals surface area (Å²) in [6.07, 6.45) is -0.753. The molecule has 96 valence electrons. The van der Waals surface area contributed by atoms with Gasteiger partial charge in [0.05, 0.1) is 0 Å². The molecule has 1 aliphatic heterocycles. The van der Waals surface area contributed by atoms with E-state index >= 15 is 0 Å². The minimum Gasteiger partial charge on any atom is -0.425 e. The quantitative estimate of drug-likeness (QED) is 0.852. The highest BCUT2D eigenvalue weighted by Crippen LogP contribution is 2.27. The van der Waals surface area contributed by atoms with Crippen LogP contribution in [0.1, 0.15) is 12.5 Å². The fourth-order valence-corrected chi connectivity index (χ4v) is 1.78. The molecule has 1 heterocycles. The minimum atomic E-state index is -0.753. The molecule has 1 aromatic rings. The maximum Gasteiger partial charge on any atom is 0.354 e. The maximum absolute atomic E-state index is 11.4. The third-order valence-corrected chi connectivity index (χ3v) is 2.87. The van der Waals surface area contributed by atoms with Crippen LogP contribution in [0.5, 0.6) is 0 Å². The van der Waals surface area contributed by atoms with Gasteiger partial charge in [-0.2, -0.15) is 0 Å². The van der Waals surface area contributed by atoms with Crippen LogP contribution in [0.3, 0.4) is 0 Å². The molecule has 0 fully saturated rings.